The minimum absolute atomic E-state index is 0.0637. The second-order valence-electron chi connectivity index (χ2n) is 6.39. The second kappa shape index (κ2) is 8.73. The molecule has 2 aromatic rings. The Hall–Kier alpha value is -2.09. The lowest BCUT2D eigenvalue weighted by Crippen LogP contribution is -2.39. The highest BCUT2D eigenvalue weighted by atomic mass is 35.5. The highest BCUT2D eigenvalue weighted by Gasteiger charge is 2.25. The van der Waals surface area contributed by atoms with Gasteiger partial charge in [0.25, 0.3) is 11.8 Å². The number of amides is 2. The molecule has 0 spiro atoms. The zero-order chi connectivity index (χ0) is 19.4. The first kappa shape index (κ1) is 19.7. The van der Waals surface area contributed by atoms with Crippen LogP contribution in [0.2, 0.25) is 10.0 Å². The average Bonchev–Trinajstić information content (AvgIpc) is 3.10. The van der Waals surface area contributed by atoms with Crippen LogP contribution < -0.4 is 10.6 Å². The number of carbonyl (C=O) groups is 2. The summed E-state index contributed by atoms with van der Waals surface area (Å²) in [5.74, 6) is -0.837. The second-order valence-corrected chi connectivity index (χ2v) is 7.21. The summed E-state index contributed by atoms with van der Waals surface area (Å²) in [4.78, 5) is 25.1. The standard InChI is InChI=1S/C18H20Cl2N4O3/c1-27-11-7-5-10(6-8-11)22-18(26)16-14(9-21-24-16)23-17(25)15-12(19)3-2-4-13(15)20/h2-4,9-11H,5-8H2,1H3,(H,21,24)(H,22,26)(H,23,25). The van der Waals surface area contributed by atoms with Gasteiger partial charge in [0.1, 0.15) is 5.69 Å². The number of aromatic nitrogens is 2. The molecule has 27 heavy (non-hydrogen) atoms. The summed E-state index contributed by atoms with van der Waals surface area (Å²) < 4.78 is 5.34. The molecule has 7 nitrogen and oxygen atoms in total. The minimum Gasteiger partial charge on any atom is -0.381 e. The van der Waals surface area contributed by atoms with Gasteiger partial charge in [0.15, 0.2) is 0 Å². The molecule has 1 aromatic carbocycles. The number of ether oxygens (including phenoxy) is 1. The minimum atomic E-state index is -0.512. The molecular weight excluding hydrogens is 391 g/mol. The van der Waals surface area contributed by atoms with Crippen LogP contribution >= 0.6 is 23.2 Å². The fourth-order valence-corrected chi connectivity index (χ4v) is 3.72. The number of benzene rings is 1. The molecule has 9 heteroatoms. The summed E-state index contributed by atoms with van der Waals surface area (Å²) in [6.07, 6.45) is 5.11. The van der Waals surface area contributed by atoms with Crippen LogP contribution in [-0.2, 0) is 4.74 Å². The first-order valence-electron chi connectivity index (χ1n) is 8.62. The van der Waals surface area contributed by atoms with Gasteiger partial charge < -0.3 is 15.4 Å². The maximum Gasteiger partial charge on any atom is 0.271 e. The largest absolute Gasteiger partial charge is 0.381 e. The third-order valence-corrected chi connectivity index (χ3v) is 5.28. The quantitative estimate of drug-likeness (QED) is 0.700. The van der Waals surface area contributed by atoms with E-state index in [4.69, 9.17) is 27.9 Å². The Bertz CT molecular complexity index is 812. The van der Waals surface area contributed by atoms with Crippen LogP contribution in [0.3, 0.4) is 0 Å². The van der Waals surface area contributed by atoms with Gasteiger partial charge in [0.2, 0.25) is 0 Å². The van der Waals surface area contributed by atoms with Gasteiger partial charge >= 0.3 is 0 Å². The van der Waals surface area contributed by atoms with E-state index in [1.165, 1.54) is 6.20 Å². The van der Waals surface area contributed by atoms with Crippen molar-refractivity contribution in [3.8, 4) is 0 Å². The normalized spacial score (nSPS) is 19.5. The van der Waals surface area contributed by atoms with Crippen LogP contribution in [0, 0.1) is 0 Å². The van der Waals surface area contributed by atoms with Crippen molar-refractivity contribution in [1.82, 2.24) is 15.5 Å². The van der Waals surface area contributed by atoms with E-state index in [1.807, 2.05) is 0 Å². The maximum absolute atomic E-state index is 12.6. The van der Waals surface area contributed by atoms with Gasteiger partial charge in [-0.1, -0.05) is 29.3 Å². The van der Waals surface area contributed by atoms with Crippen LogP contribution in [0.4, 0.5) is 5.69 Å². The molecule has 0 atom stereocenters. The molecule has 3 N–H and O–H groups in total. The van der Waals surface area contributed by atoms with Crippen molar-refractivity contribution in [2.24, 2.45) is 0 Å². The van der Waals surface area contributed by atoms with E-state index in [0.717, 1.165) is 25.7 Å². The summed E-state index contributed by atoms with van der Waals surface area (Å²) in [6.45, 7) is 0. The van der Waals surface area contributed by atoms with Gasteiger partial charge in [-0.25, -0.2) is 0 Å². The number of hydrogen-bond acceptors (Lipinski definition) is 4. The number of nitrogens with one attached hydrogen (secondary N) is 3. The van der Waals surface area contributed by atoms with Crippen molar-refractivity contribution in [3.05, 3.63) is 45.7 Å². The molecule has 1 aliphatic carbocycles. The Balaban J connectivity index is 1.67. The van der Waals surface area contributed by atoms with Crippen molar-refractivity contribution in [2.75, 3.05) is 12.4 Å². The van der Waals surface area contributed by atoms with Crippen LogP contribution in [-0.4, -0.2) is 41.3 Å². The van der Waals surface area contributed by atoms with Gasteiger partial charge in [0.05, 0.1) is 33.6 Å². The van der Waals surface area contributed by atoms with Crippen LogP contribution in [0.5, 0.6) is 0 Å². The molecule has 1 fully saturated rings. The van der Waals surface area contributed by atoms with E-state index in [0.29, 0.717) is 0 Å². The van der Waals surface area contributed by atoms with E-state index in [2.05, 4.69) is 20.8 Å². The molecule has 1 saturated carbocycles. The Kier molecular flexibility index (Phi) is 6.36. The molecule has 0 unspecified atom stereocenters. The van der Waals surface area contributed by atoms with Crippen LogP contribution in [0.1, 0.15) is 46.5 Å². The number of aromatic amines is 1. The Morgan fingerprint density at radius 1 is 1.15 bits per heavy atom. The summed E-state index contributed by atoms with van der Waals surface area (Å²) in [7, 11) is 1.70. The van der Waals surface area contributed by atoms with Gasteiger partial charge in [-0.2, -0.15) is 5.10 Å². The molecule has 1 aromatic heterocycles. The molecule has 2 amide bonds. The highest BCUT2D eigenvalue weighted by molar-refractivity contribution is 6.40. The smallest absolute Gasteiger partial charge is 0.271 e. The predicted molar refractivity (Wildman–Crippen MR) is 104 cm³/mol. The molecule has 0 radical (unpaired) electrons. The molecule has 144 valence electrons. The monoisotopic (exact) mass is 410 g/mol. The number of halogens is 2. The topological polar surface area (TPSA) is 96.1 Å². The number of methoxy groups -OCH3 is 1. The third-order valence-electron chi connectivity index (χ3n) is 4.65. The lowest BCUT2D eigenvalue weighted by molar-refractivity contribution is 0.0598. The Morgan fingerprint density at radius 3 is 2.44 bits per heavy atom. The number of nitrogens with zero attached hydrogens (tertiary/aromatic N) is 1. The zero-order valence-corrected chi connectivity index (χ0v) is 16.2. The van der Waals surface area contributed by atoms with E-state index in [-0.39, 0.29) is 45.0 Å². The maximum atomic E-state index is 12.6. The molecular formula is C18H20Cl2N4O3. The van der Waals surface area contributed by atoms with Gasteiger partial charge in [-0.15, -0.1) is 0 Å². The van der Waals surface area contributed by atoms with Crippen LogP contribution in [0.15, 0.2) is 24.4 Å². The van der Waals surface area contributed by atoms with Crippen LogP contribution in [0.25, 0.3) is 0 Å². The van der Waals surface area contributed by atoms with Crippen molar-refractivity contribution in [1.29, 1.82) is 0 Å². The fraction of sp³-hybridized carbons (Fsp3) is 0.389. The molecule has 0 saturated heterocycles. The van der Waals surface area contributed by atoms with Crippen molar-refractivity contribution >= 4 is 40.7 Å². The summed E-state index contributed by atoms with van der Waals surface area (Å²) in [6, 6.07) is 4.86. The van der Waals surface area contributed by atoms with E-state index >= 15 is 0 Å². The lowest BCUT2D eigenvalue weighted by Gasteiger charge is -2.28. The molecule has 0 aliphatic heterocycles. The van der Waals surface area contributed by atoms with Gasteiger partial charge in [0, 0.05) is 13.2 Å². The number of H-pyrrole nitrogens is 1. The first-order chi connectivity index (χ1) is 13.0. The molecule has 0 bridgehead atoms. The van der Waals surface area contributed by atoms with Crippen molar-refractivity contribution in [3.63, 3.8) is 0 Å². The number of anilines is 1. The number of hydrogen-bond donors (Lipinski definition) is 3. The number of carbonyl (C=O) groups excluding carboxylic acids is 2. The summed E-state index contributed by atoms with van der Waals surface area (Å²) >= 11 is 12.1. The molecule has 1 heterocycles. The Labute approximate surface area is 166 Å². The molecule has 1 aliphatic rings. The van der Waals surface area contributed by atoms with E-state index in [1.54, 1.807) is 25.3 Å². The highest BCUT2D eigenvalue weighted by Crippen LogP contribution is 2.26. The first-order valence-corrected chi connectivity index (χ1v) is 9.37. The van der Waals surface area contributed by atoms with Crippen molar-refractivity contribution < 1.29 is 14.3 Å². The SMILES string of the molecule is COC1CCC(NC(=O)c2[nH]ncc2NC(=O)c2c(Cl)cccc2Cl)CC1. The fourth-order valence-electron chi connectivity index (χ4n) is 3.15. The molecule has 3 rings (SSSR count). The Morgan fingerprint density at radius 2 is 1.81 bits per heavy atom. The van der Waals surface area contributed by atoms with Gasteiger partial charge in [-0.05, 0) is 37.8 Å². The predicted octanol–water partition coefficient (Wildman–Crippen LogP) is 3.66. The van der Waals surface area contributed by atoms with Gasteiger partial charge in [-0.3, -0.25) is 14.7 Å². The third kappa shape index (κ3) is 4.61. The zero-order valence-electron chi connectivity index (χ0n) is 14.7. The summed E-state index contributed by atoms with van der Waals surface area (Å²) in [5, 5.41) is 12.6. The van der Waals surface area contributed by atoms with E-state index in [9.17, 15) is 9.59 Å². The van der Waals surface area contributed by atoms with E-state index < -0.39 is 5.91 Å². The summed E-state index contributed by atoms with van der Waals surface area (Å²) in [5.41, 5.74) is 0.589. The average molecular weight is 411 g/mol. The van der Waals surface area contributed by atoms with Crippen molar-refractivity contribution in [2.45, 2.75) is 37.8 Å². The number of rotatable bonds is 5. The lowest BCUT2D eigenvalue weighted by atomic mass is 9.93.